The number of hydrogen-bond donors (Lipinski definition) is 1. The van der Waals surface area contributed by atoms with Crippen molar-refractivity contribution >= 4 is 29.2 Å². The Bertz CT molecular complexity index is 429. The van der Waals surface area contributed by atoms with Gasteiger partial charge in [-0.1, -0.05) is 0 Å². The van der Waals surface area contributed by atoms with Crippen LogP contribution in [0.5, 0.6) is 0 Å². The molecule has 4 nitrogen and oxygen atoms in total. The Morgan fingerprint density at radius 1 is 1.26 bits per heavy atom. The molecule has 0 saturated carbocycles. The van der Waals surface area contributed by atoms with E-state index in [2.05, 4.69) is 5.32 Å². The predicted molar refractivity (Wildman–Crippen MR) is 75.6 cm³/mol. The number of esters is 1. The monoisotopic (exact) mass is 283 g/mol. The van der Waals surface area contributed by atoms with Gasteiger partial charge in [-0.25, -0.2) is 4.79 Å². The first-order valence-corrected chi connectivity index (χ1v) is 6.73. The zero-order valence-electron chi connectivity index (χ0n) is 11.1. The van der Waals surface area contributed by atoms with Crippen LogP contribution >= 0.6 is 11.6 Å². The summed E-state index contributed by atoms with van der Waals surface area (Å²) in [5.41, 5.74) is 1.12. The first kappa shape index (κ1) is 15.5. The Kier molecular flexibility index (Phi) is 6.36. The maximum atomic E-state index is 11.6. The third-order valence-electron chi connectivity index (χ3n) is 2.28. The fraction of sp³-hybridized carbons (Fsp3) is 0.429. The van der Waals surface area contributed by atoms with E-state index < -0.39 is 0 Å². The molecule has 104 valence electrons. The molecule has 5 heteroatoms. The molecule has 19 heavy (non-hydrogen) atoms. The Labute approximate surface area is 118 Å². The second kappa shape index (κ2) is 7.79. The van der Waals surface area contributed by atoms with Crippen LogP contribution in [0.15, 0.2) is 24.3 Å². The van der Waals surface area contributed by atoms with Crippen molar-refractivity contribution in [3.63, 3.8) is 0 Å². The largest absolute Gasteiger partial charge is 0.459 e. The molecule has 0 radical (unpaired) electrons. The number of carbonyl (C=O) groups excluding carboxylic acids is 2. The maximum Gasteiger partial charge on any atom is 0.338 e. The summed E-state index contributed by atoms with van der Waals surface area (Å²) in [6.45, 7) is 3.59. The molecule has 0 heterocycles. The molecule has 1 N–H and O–H groups in total. The summed E-state index contributed by atoms with van der Waals surface area (Å²) in [7, 11) is 0. The Balaban J connectivity index is 2.56. The van der Waals surface area contributed by atoms with E-state index in [4.69, 9.17) is 16.3 Å². The van der Waals surface area contributed by atoms with Crippen LogP contribution in [-0.2, 0) is 9.53 Å². The maximum absolute atomic E-state index is 11.6. The van der Waals surface area contributed by atoms with Crippen molar-refractivity contribution in [3.05, 3.63) is 29.8 Å². The highest BCUT2D eigenvalue weighted by atomic mass is 35.5. The van der Waals surface area contributed by atoms with Crippen molar-refractivity contribution in [1.29, 1.82) is 0 Å². The first-order chi connectivity index (χ1) is 9.02. The molecule has 0 unspecified atom stereocenters. The lowest BCUT2D eigenvalue weighted by atomic mass is 10.2. The summed E-state index contributed by atoms with van der Waals surface area (Å²) < 4.78 is 5.07. The number of alkyl halides is 1. The molecule has 0 spiro atoms. The Morgan fingerprint density at radius 3 is 2.42 bits per heavy atom. The van der Waals surface area contributed by atoms with Gasteiger partial charge in [0.15, 0.2) is 0 Å². The van der Waals surface area contributed by atoms with Crippen molar-refractivity contribution in [2.75, 3.05) is 11.2 Å². The number of ether oxygens (including phenoxy) is 1. The van der Waals surface area contributed by atoms with E-state index in [1.807, 2.05) is 0 Å². The van der Waals surface area contributed by atoms with Crippen LogP contribution in [0.2, 0.25) is 0 Å². The van der Waals surface area contributed by atoms with Crippen molar-refractivity contribution in [3.8, 4) is 0 Å². The molecular formula is C14H18ClNO3. The summed E-state index contributed by atoms with van der Waals surface area (Å²) in [5.74, 6) is 0.0149. The first-order valence-electron chi connectivity index (χ1n) is 6.19. The number of carbonyl (C=O) groups is 2. The van der Waals surface area contributed by atoms with E-state index in [-0.39, 0.29) is 18.0 Å². The van der Waals surface area contributed by atoms with Gasteiger partial charge in [-0.3, -0.25) is 4.79 Å². The van der Waals surface area contributed by atoms with Gasteiger partial charge in [0.1, 0.15) is 0 Å². The van der Waals surface area contributed by atoms with Crippen LogP contribution in [-0.4, -0.2) is 23.9 Å². The predicted octanol–water partition coefficient (Wildman–Crippen LogP) is 3.21. The van der Waals surface area contributed by atoms with Gasteiger partial charge < -0.3 is 10.1 Å². The Morgan fingerprint density at radius 2 is 1.89 bits per heavy atom. The number of anilines is 1. The standard InChI is InChI=1S/C14H18ClNO3/c1-10(2)19-14(18)11-5-7-12(8-6-11)16-13(17)4-3-9-15/h5-8,10H,3-4,9H2,1-2H3,(H,16,17). The number of rotatable bonds is 6. The number of halogens is 1. The molecule has 0 atom stereocenters. The summed E-state index contributed by atoms with van der Waals surface area (Å²) in [5, 5.41) is 2.73. The average Bonchev–Trinajstić information content (AvgIpc) is 2.36. The van der Waals surface area contributed by atoms with Gasteiger partial charge in [0.25, 0.3) is 0 Å². The highest BCUT2D eigenvalue weighted by Gasteiger charge is 2.09. The second-order valence-electron chi connectivity index (χ2n) is 4.37. The van der Waals surface area contributed by atoms with Crippen molar-refractivity contribution in [2.24, 2.45) is 0 Å². The van der Waals surface area contributed by atoms with Crippen LogP contribution in [0, 0.1) is 0 Å². The van der Waals surface area contributed by atoms with Gasteiger partial charge in [0.05, 0.1) is 11.7 Å². The van der Waals surface area contributed by atoms with Crippen molar-refractivity contribution in [2.45, 2.75) is 32.8 Å². The topological polar surface area (TPSA) is 55.4 Å². The summed E-state index contributed by atoms with van der Waals surface area (Å²) in [6.07, 6.45) is 0.884. The number of nitrogens with one attached hydrogen (secondary N) is 1. The number of hydrogen-bond acceptors (Lipinski definition) is 3. The van der Waals surface area contributed by atoms with Crippen LogP contribution in [0.3, 0.4) is 0 Å². The lowest BCUT2D eigenvalue weighted by Gasteiger charge is -2.09. The molecule has 0 bridgehead atoms. The van der Waals surface area contributed by atoms with Crippen LogP contribution < -0.4 is 5.32 Å². The lowest BCUT2D eigenvalue weighted by molar-refractivity contribution is -0.116. The third kappa shape index (κ3) is 5.75. The van der Waals surface area contributed by atoms with E-state index in [1.165, 1.54) is 0 Å². The molecule has 0 aromatic heterocycles. The highest BCUT2D eigenvalue weighted by Crippen LogP contribution is 2.12. The molecule has 0 saturated heterocycles. The minimum absolute atomic E-state index is 0.0850. The lowest BCUT2D eigenvalue weighted by Crippen LogP contribution is -2.13. The summed E-state index contributed by atoms with van der Waals surface area (Å²) in [6, 6.07) is 6.61. The van der Waals surface area contributed by atoms with E-state index in [0.717, 1.165) is 0 Å². The fourth-order valence-electron chi connectivity index (χ4n) is 1.42. The molecule has 1 aromatic rings. The van der Waals surface area contributed by atoms with Crippen molar-refractivity contribution in [1.82, 2.24) is 0 Å². The molecule has 1 amide bonds. The number of amides is 1. The molecular weight excluding hydrogens is 266 g/mol. The van der Waals surface area contributed by atoms with E-state index in [0.29, 0.717) is 30.0 Å². The van der Waals surface area contributed by atoms with Crippen LogP contribution in [0.25, 0.3) is 0 Å². The molecule has 1 rings (SSSR count). The van der Waals surface area contributed by atoms with Gasteiger partial charge in [0.2, 0.25) is 5.91 Å². The van der Waals surface area contributed by atoms with Gasteiger partial charge in [0, 0.05) is 18.0 Å². The quantitative estimate of drug-likeness (QED) is 0.644. The Hall–Kier alpha value is -1.55. The summed E-state index contributed by atoms with van der Waals surface area (Å²) >= 11 is 5.51. The van der Waals surface area contributed by atoms with Gasteiger partial charge in [-0.05, 0) is 44.5 Å². The third-order valence-corrected chi connectivity index (χ3v) is 2.55. The smallest absolute Gasteiger partial charge is 0.338 e. The highest BCUT2D eigenvalue weighted by molar-refractivity contribution is 6.18. The zero-order valence-corrected chi connectivity index (χ0v) is 11.9. The summed E-state index contributed by atoms with van der Waals surface area (Å²) in [4.78, 5) is 23.1. The van der Waals surface area contributed by atoms with Gasteiger partial charge >= 0.3 is 5.97 Å². The van der Waals surface area contributed by atoms with Gasteiger partial charge in [-0.2, -0.15) is 0 Å². The minimum atomic E-state index is -0.366. The van der Waals surface area contributed by atoms with E-state index in [9.17, 15) is 9.59 Å². The molecule has 0 fully saturated rings. The molecule has 0 aliphatic rings. The minimum Gasteiger partial charge on any atom is -0.459 e. The normalized spacial score (nSPS) is 10.3. The van der Waals surface area contributed by atoms with Crippen LogP contribution in [0.4, 0.5) is 5.69 Å². The molecule has 0 aliphatic carbocycles. The molecule has 1 aromatic carbocycles. The van der Waals surface area contributed by atoms with E-state index in [1.54, 1.807) is 38.1 Å². The SMILES string of the molecule is CC(C)OC(=O)c1ccc(NC(=O)CCCCl)cc1. The van der Waals surface area contributed by atoms with Crippen LogP contribution in [0.1, 0.15) is 37.0 Å². The molecule has 0 aliphatic heterocycles. The van der Waals surface area contributed by atoms with Gasteiger partial charge in [-0.15, -0.1) is 11.6 Å². The second-order valence-corrected chi connectivity index (χ2v) is 4.75. The van der Waals surface area contributed by atoms with E-state index >= 15 is 0 Å². The average molecular weight is 284 g/mol. The van der Waals surface area contributed by atoms with Crippen molar-refractivity contribution < 1.29 is 14.3 Å². The number of benzene rings is 1. The zero-order chi connectivity index (χ0) is 14.3. The fourth-order valence-corrected chi connectivity index (χ4v) is 1.56.